The van der Waals surface area contributed by atoms with E-state index in [-0.39, 0.29) is 25.3 Å². The fraction of sp³-hybridized carbons (Fsp3) is 0.409. The van der Waals surface area contributed by atoms with Crippen LogP contribution >= 0.6 is 0 Å². The maximum Gasteiger partial charge on any atom is 0.241 e. The largest absolute Gasteiger partial charge is 0.491 e. The molecule has 7 nitrogen and oxygen atoms in total. The number of carbonyl (C=O) groups is 1. The zero-order chi connectivity index (χ0) is 22.3. The standard InChI is InChI=1S/C22H30N2O5S/c1-16(2)29-20-12-10-19(11-13-20)24(30(5,26)27)14-22(25)23-18(4)15-28-21-9-7-6-8-17(21)3/h6-13,16,18H,14-15H2,1-5H3,(H,23,25)/t18-/m0/s1. The quantitative estimate of drug-likeness (QED) is 0.621. The number of ether oxygens (including phenoxy) is 2. The van der Waals surface area contributed by atoms with Gasteiger partial charge in [-0.05, 0) is 63.6 Å². The van der Waals surface area contributed by atoms with Crippen molar-refractivity contribution in [1.29, 1.82) is 0 Å². The number of rotatable bonds is 10. The summed E-state index contributed by atoms with van der Waals surface area (Å²) >= 11 is 0. The van der Waals surface area contributed by atoms with Crippen LogP contribution in [0.2, 0.25) is 0 Å². The number of amides is 1. The van der Waals surface area contributed by atoms with E-state index < -0.39 is 15.9 Å². The Morgan fingerprint density at radius 3 is 2.27 bits per heavy atom. The third-order valence-electron chi connectivity index (χ3n) is 4.17. The van der Waals surface area contributed by atoms with Crippen molar-refractivity contribution in [2.45, 2.75) is 39.8 Å². The maximum absolute atomic E-state index is 12.5. The summed E-state index contributed by atoms with van der Waals surface area (Å²) in [7, 11) is -3.65. The number of hydrogen-bond donors (Lipinski definition) is 1. The fourth-order valence-electron chi connectivity index (χ4n) is 2.79. The maximum atomic E-state index is 12.5. The molecule has 2 rings (SSSR count). The van der Waals surface area contributed by atoms with Crippen molar-refractivity contribution in [2.75, 3.05) is 23.7 Å². The van der Waals surface area contributed by atoms with Crippen LogP contribution in [-0.4, -0.2) is 45.9 Å². The van der Waals surface area contributed by atoms with Crippen LogP contribution < -0.4 is 19.1 Å². The molecule has 0 spiro atoms. The van der Waals surface area contributed by atoms with Gasteiger partial charge < -0.3 is 14.8 Å². The molecule has 1 atom stereocenters. The van der Waals surface area contributed by atoms with Gasteiger partial charge in [-0.15, -0.1) is 0 Å². The lowest BCUT2D eigenvalue weighted by molar-refractivity contribution is -0.120. The molecule has 0 aliphatic rings. The molecule has 0 saturated carbocycles. The van der Waals surface area contributed by atoms with Crippen molar-refractivity contribution in [3.63, 3.8) is 0 Å². The first-order valence-electron chi connectivity index (χ1n) is 9.78. The molecule has 0 unspecified atom stereocenters. The summed E-state index contributed by atoms with van der Waals surface area (Å²) in [6.07, 6.45) is 1.08. The zero-order valence-electron chi connectivity index (χ0n) is 18.1. The van der Waals surface area contributed by atoms with Gasteiger partial charge in [0.2, 0.25) is 15.9 Å². The van der Waals surface area contributed by atoms with Gasteiger partial charge >= 0.3 is 0 Å². The summed E-state index contributed by atoms with van der Waals surface area (Å²) < 4.78 is 36.9. The first-order valence-corrected chi connectivity index (χ1v) is 11.6. The van der Waals surface area contributed by atoms with E-state index in [0.29, 0.717) is 11.4 Å². The van der Waals surface area contributed by atoms with Crippen LogP contribution in [0.25, 0.3) is 0 Å². The number of anilines is 1. The van der Waals surface area contributed by atoms with Gasteiger partial charge in [-0.2, -0.15) is 0 Å². The van der Waals surface area contributed by atoms with E-state index >= 15 is 0 Å². The van der Waals surface area contributed by atoms with Crippen molar-refractivity contribution < 1.29 is 22.7 Å². The molecule has 0 aliphatic heterocycles. The van der Waals surface area contributed by atoms with Crippen LogP contribution in [0.4, 0.5) is 5.69 Å². The van der Waals surface area contributed by atoms with E-state index in [1.165, 1.54) is 0 Å². The molecular formula is C22H30N2O5S. The minimum atomic E-state index is -3.65. The van der Waals surface area contributed by atoms with Crippen LogP contribution in [0.1, 0.15) is 26.3 Å². The highest BCUT2D eigenvalue weighted by Crippen LogP contribution is 2.22. The van der Waals surface area contributed by atoms with Gasteiger partial charge in [0.05, 0.1) is 24.1 Å². The van der Waals surface area contributed by atoms with E-state index in [2.05, 4.69) is 5.32 Å². The summed E-state index contributed by atoms with van der Waals surface area (Å²) in [5, 5.41) is 2.78. The van der Waals surface area contributed by atoms with Gasteiger partial charge in [-0.25, -0.2) is 8.42 Å². The van der Waals surface area contributed by atoms with Crippen LogP contribution in [0, 0.1) is 6.92 Å². The minimum Gasteiger partial charge on any atom is -0.491 e. The zero-order valence-corrected chi connectivity index (χ0v) is 18.9. The third-order valence-corrected chi connectivity index (χ3v) is 5.31. The van der Waals surface area contributed by atoms with E-state index in [0.717, 1.165) is 21.9 Å². The smallest absolute Gasteiger partial charge is 0.241 e. The highest BCUT2D eigenvalue weighted by molar-refractivity contribution is 7.92. The van der Waals surface area contributed by atoms with Gasteiger partial charge in [-0.1, -0.05) is 18.2 Å². The van der Waals surface area contributed by atoms with Gasteiger partial charge in [0.25, 0.3) is 0 Å². The number of nitrogens with one attached hydrogen (secondary N) is 1. The van der Waals surface area contributed by atoms with Crippen LogP contribution in [0.15, 0.2) is 48.5 Å². The average molecular weight is 435 g/mol. The first kappa shape index (κ1) is 23.5. The van der Waals surface area contributed by atoms with Crippen molar-refractivity contribution >= 4 is 21.6 Å². The average Bonchev–Trinajstić information content (AvgIpc) is 2.65. The second kappa shape index (κ2) is 10.3. The predicted octanol–water partition coefficient (Wildman–Crippen LogP) is 3.13. The molecule has 8 heteroatoms. The SMILES string of the molecule is Cc1ccccc1OC[C@H](C)NC(=O)CN(c1ccc(OC(C)C)cc1)S(C)(=O)=O. The normalized spacial score (nSPS) is 12.3. The predicted molar refractivity (Wildman–Crippen MR) is 119 cm³/mol. The van der Waals surface area contributed by atoms with E-state index in [1.54, 1.807) is 31.2 Å². The Bertz CT molecular complexity index is 942. The number of nitrogens with zero attached hydrogens (tertiary/aromatic N) is 1. The molecule has 0 aliphatic carbocycles. The van der Waals surface area contributed by atoms with Gasteiger partial charge in [0.1, 0.15) is 24.7 Å². The molecule has 0 fully saturated rings. The molecule has 30 heavy (non-hydrogen) atoms. The molecule has 1 amide bonds. The van der Waals surface area contributed by atoms with Crippen molar-refractivity contribution in [3.05, 3.63) is 54.1 Å². The minimum absolute atomic E-state index is 0.0102. The highest BCUT2D eigenvalue weighted by Gasteiger charge is 2.22. The lowest BCUT2D eigenvalue weighted by atomic mass is 10.2. The molecular weight excluding hydrogens is 404 g/mol. The van der Waals surface area contributed by atoms with E-state index in [1.807, 2.05) is 45.0 Å². The van der Waals surface area contributed by atoms with Crippen LogP contribution in [0.3, 0.4) is 0 Å². The summed E-state index contributed by atoms with van der Waals surface area (Å²) in [6, 6.07) is 13.9. The second-order valence-corrected chi connectivity index (χ2v) is 9.38. The molecule has 0 aromatic heterocycles. The Kier molecular flexibility index (Phi) is 8.11. The Labute approximate surface area is 179 Å². The fourth-order valence-corrected chi connectivity index (χ4v) is 3.65. The van der Waals surface area contributed by atoms with Gasteiger partial charge in [-0.3, -0.25) is 9.10 Å². The number of carbonyl (C=O) groups excluding carboxylic acids is 1. The Balaban J connectivity index is 1.99. The topological polar surface area (TPSA) is 84.9 Å². The summed E-state index contributed by atoms with van der Waals surface area (Å²) in [5.74, 6) is 0.970. The Morgan fingerprint density at radius 2 is 1.70 bits per heavy atom. The highest BCUT2D eigenvalue weighted by atomic mass is 32.2. The monoisotopic (exact) mass is 434 g/mol. The Hall–Kier alpha value is -2.74. The summed E-state index contributed by atoms with van der Waals surface area (Å²) in [6.45, 7) is 7.52. The summed E-state index contributed by atoms with van der Waals surface area (Å²) in [4.78, 5) is 12.5. The molecule has 0 radical (unpaired) electrons. The third kappa shape index (κ3) is 7.26. The second-order valence-electron chi connectivity index (χ2n) is 7.48. The molecule has 0 saturated heterocycles. The number of hydrogen-bond acceptors (Lipinski definition) is 5. The lowest BCUT2D eigenvalue weighted by Gasteiger charge is -2.23. The molecule has 2 aromatic carbocycles. The number of benzene rings is 2. The molecule has 0 heterocycles. The molecule has 164 valence electrons. The number of para-hydroxylation sites is 1. The van der Waals surface area contributed by atoms with Crippen LogP contribution in [0.5, 0.6) is 11.5 Å². The van der Waals surface area contributed by atoms with Crippen LogP contribution in [-0.2, 0) is 14.8 Å². The van der Waals surface area contributed by atoms with Crippen molar-refractivity contribution in [1.82, 2.24) is 5.32 Å². The summed E-state index contributed by atoms with van der Waals surface area (Å²) in [5.41, 5.74) is 1.40. The van der Waals surface area contributed by atoms with Gasteiger partial charge in [0, 0.05) is 0 Å². The molecule has 1 N–H and O–H groups in total. The van der Waals surface area contributed by atoms with Crippen molar-refractivity contribution in [2.24, 2.45) is 0 Å². The van der Waals surface area contributed by atoms with Gasteiger partial charge in [0.15, 0.2) is 0 Å². The van der Waals surface area contributed by atoms with E-state index in [4.69, 9.17) is 9.47 Å². The van der Waals surface area contributed by atoms with E-state index in [9.17, 15) is 13.2 Å². The number of aryl methyl sites for hydroxylation is 1. The molecule has 2 aromatic rings. The first-order chi connectivity index (χ1) is 14.1. The lowest BCUT2D eigenvalue weighted by Crippen LogP contribution is -2.44. The Morgan fingerprint density at radius 1 is 1.07 bits per heavy atom. The van der Waals surface area contributed by atoms with Crippen molar-refractivity contribution in [3.8, 4) is 11.5 Å². The molecule has 0 bridgehead atoms. The number of sulfonamides is 1.